The average molecular weight is 285 g/mol. The predicted octanol–water partition coefficient (Wildman–Crippen LogP) is 1.70. The molecule has 0 spiro atoms. The molecule has 0 bridgehead atoms. The molecule has 2 aromatic heterocycles. The van der Waals surface area contributed by atoms with E-state index in [0.717, 1.165) is 18.5 Å². The standard InChI is InChI=1S/C12H14F3N5/c1-7-5-10(20(2)19-7)11(18-16)8-6-17-4-3-9(8)12(13,14)15/h3-6,11,18H,16H2,1-2H3. The van der Waals surface area contributed by atoms with Crippen molar-refractivity contribution < 1.29 is 13.2 Å². The van der Waals surface area contributed by atoms with E-state index in [4.69, 9.17) is 5.84 Å². The molecule has 0 aliphatic carbocycles. The number of alkyl halides is 3. The fourth-order valence-corrected chi connectivity index (χ4v) is 2.13. The molecule has 0 saturated heterocycles. The highest BCUT2D eigenvalue weighted by Crippen LogP contribution is 2.35. The van der Waals surface area contributed by atoms with Crippen molar-refractivity contribution in [3.63, 3.8) is 0 Å². The van der Waals surface area contributed by atoms with Crippen LogP contribution < -0.4 is 11.3 Å². The number of aromatic nitrogens is 3. The molecule has 1 atom stereocenters. The molecule has 0 fully saturated rings. The summed E-state index contributed by atoms with van der Waals surface area (Å²) in [6, 6.07) is 1.77. The SMILES string of the molecule is Cc1cc(C(NN)c2cnccc2C(F)(F)F)n(C)n1. The quantitative estimate of drug-likeness (QED) is 0.665. The first-order valence-corrected chi connectivity index (χ1v) is 5.82. The lowest BCUT2D eigenvalue weighted by Gasteiger charge is -2.20. The Hall–Kier alpha value is -1.93. The molecule has 5 nitrogen and oxygen atoms in total. The van der Waals surface area contributed by atoms with Crippen LogP contribution in [0.25, 0.3) is 0 Å². The summed E-state index contributed by atoms with van der Waals surface area (Å²) in [5.74, 6) is 5.44. The molecule has 0 amide bonds. The summed E-state index contributed by atoms with van der Waals surface area (Å²) < 4.78 is 40.6. The van der Waals surface area contributed by atoms with E-state index in [2.05, 4.69) is 15.5 Å². The molecule has 108 valence electrons. The Labute approximate surface area is 113 Å². The van der Waals surface area contributed by atoms with Gasteiger partial charge >= 0.3 is 6.18 Å². The second-order valence-electron chi connectivity index (χ2n) is 4.39. The molecule has 0 saturated carbocycles. The van der Waals surface area contributed by atoms with E-state index in [1.807, 2.05) is 0 Å². The zero-order valence-electron chi connectivity index (χ0n) is 10.9. The number of hydrogen-bond donors (Lipinski definition) is 2. The van der Waals surface area contributed by atoms with Crippen LogP contribution in [0.1, 0.15) is 28.6 Å². The normalized spacial score (nSPS) is 13.5. The second-order valence-corrected chi connectivity index (χ2v) is 4.39. The van der Waals surface area contributed by atoms with Crippen molar-refractivity contribution in [1.82, 2.24) is 20.2 Å². The Morgan fingerprint density at radius 3 is 2.60 bits per heavy atom. The highest BCUT2D eigenvalue weighted by molar-refractivity contribution is 5.35. The highest BCUT2D eigenvalue weighted by atomic mass is 19.4. The van der Waals surface area contributed by atoms with Crippen molar-refractivity contribution in [2.45, 2.75) is 19.1 Å². The van der Waals surface area contributed by atoms with Crippen LogP contribution in [0.2, 0.25) is 0 Å². The zero-order valence-corrected chi connectivity index (χ0v) is 10.9. The van der Waals surface area contributed by atoms with Gasteiger partial charge in [0.05, 0.1) is 23.0 Å². The van der Waals surface area contributed by atoms with Gasteiger partial charge in [-0.15, -0.1) is 0 Å². The Morgan fingerprint density at radius 1 is 1.40 bits per heavy atom. The van der Waals surface area contributed by atoms with Gasteiger partial charge in [0.2, 0.25) is 0 Å². The van der Waals surface area contributed by atoms with Crippen molar-refractivity contribution in [3.05, 3.63) is 47.0 Å². The van der Waals surface area contributed by atoms with E-state index in [1.54, 1.807) is 20.0 Å². The van der Waals surface area contributed by atoms with Gasteiger partial charge in [0.1, 0.15) is 0 Å². The van der Waals surface area contributed by atoms with Crippen molar-refractivity contribution in [2.24, 2.45) is 12.9 Å². The fourth-order valence-electron chi connectivity index (χ4n) is 2.13. The van der Waals surface area contributed by atoms with Crippen molar-refractivity contribution in [1.29, 1.82) is 0 Å². The van der Waals surface area contributed by atoms with Crippen molar-refractivity contribution in [2.75, 3.05) is 0 Å². The number of nitrogens with two attached hydrogens (primary N) is 1. The Kier molecular flexibility index (Phi) is 3.78. The van der Waals surface area contributed by atoms with E-state index >= 15 is 0 Å². The lowest BCUT2D eigenvalue weighted by molar-refractivity contribution is -0.138. The number of nitrogens with zero attached hydrogens (tertiary/aromatic N) is 3. The Bertz CT molecular complexity index is 605. The average Bonchev–Trinajstić information content (AvgIpc) is 2.69. The first kappa shape index (κ1) is 14.5. The van der Waals surface area contributed by atoms with E-state index in [9.17, 15) is 13.2 Å². The molecular formula is C12H14F3N5. The number of rotatable bonds is 3. The predicted molar refractivity (Wildman–Crippen MR) is 66.4 cm³/mol. The third-order valence-electron chi connectivity index (χ3n) is 2.97. The van der Waals surface area contributed by atoms with Gasteiger partial charge in [-0.2, -0.15) is 18.3 Å². The Morgan fingerprint density at radius 2 is 2.10 bits per heavy atom. The monoisotopic (exact) mass is 285 g/mol. The van der Waals surface area contributed by atoms with Gasteiger partial charge in [-0.1, -0.05) is 0 Å². The molecule has 3 N–H and O–H groups in total. The molecule has 2 rings (SSSR count). The van der Waals surface area contributed by atoms with Crippen LogP contribution in [0.4, 0.5) is 13.2 Å². The minimum Gasteiger partial charge on any atom is -0.271 e. The zero-order chi connectivity index (χ0) is 14.9. The fraction of sp³-hybridized carbons (Fsp3) is 0.333. The molecule has 0 radical (unpaired) electrons. The van der Waals surface area contributed by atoms with E-state index in [0.29, 0.717) is 11.4 Å². The van der Waals surface area contributed by atoms with Gasteiger partial charge in [0.25, 0.3) is 0 Å². The Balaban J connectivity index is 2.56. The lowest BCUT2D eigenvalue weighted by Crippen LogP contribution is -2.32. The van der Waals surface area contributed by atoms with Crippen LogP contribution in [0.5, 0.6) is 0 Å². The molecule has 2 heterocycles. The van der Waals surface area contributed by atoms with Crippen molar-refractivity contribution >= 4 is 0 Å². The minimum absolute atomic E-state index is 0.0366. The van der Waals surface area contributed by atoms with Crippen LogP contribution in [0, 0.1) is 6.92 Å². The molecular weight excluding hydrogens is 271 g/mol. The van der Waals surface area contributed by atoms with Crippen LogP contribution in [-0.2, 0) is 13.2 Å². The van der Waals surface area contributed by atoms with E-state index in [-0.39, 0.29) is 5.56 Å². The molecule has 8 heteroatoms. The van der Waals surface area contributed by atoms with Gasteiger partial charge in [-0.25, -0.2) is 5.43 Å². The number of aryl methyl sites for hydroxylation is 2. The third-order valence-corrected chi connectivity index (χ3v) is 2.97. The summed E-state index contributed by atoms with van der Waals surface area (Å²) in [5.41, 5.74) is 2.82. The van der Waals surface area contributed by atoms with Crippen LogP contribution in [0.3, 0.4) is 0 Å². The second kappa shape index (κ2) is 5.22. The molecule has 0 aromatic carbocycles. The van der Waals surface area contributed by atoms with Crippen LogP contribution >= 0.6 is 0 Å². The van der Waals surface area contributed by atoms with Crippen molar-refractivity contribution in [3.8, 4) is 0 Å². The summed E-state index contributed by atoms with van der Waals surface area (Å²) in [6.07, 6.45) is -2.20. The minimum atomic E-state index is -4.47. The molecule has 2 aromatic rings. The van der Waals surface area contributed by atoms with Gasteiger partial charge in [-0.05, 0) is 19.1 Å². The van der Waals surface area contributed by atoms with Gasteiger partial charge in [0, 0.05) is 25.0 Å². The highest BCUT2D eigenvalue weighted by Gasteiger charge is 2.36. The summed E-state index contributed by atoms with van der Waals surface area (Å²) in [7, 11) is 1.65. The molecule has 20 heavy (non-hydrogen) atoms. The first-order valence-electron chi connectivity index (χ1n) is 5.82. The molecule has 0 aliphatic heterocycles. The van der Waals surface area contributed by atoms with Gasteiger partial charge in [-0.3, -0.25) is 15.5 Å². The topological polar surface area (TPSA) is 68.8 Å². The van der Waals surface area contributed by atoms with E-state index in [1.165, 1.54) is 4.68 Å². The van der Waals surface area contributed by atoms with E-state index < -0.39 is 17.8 Å². The number of hydrogen-bond acceptors (Lipinski definition) is 4. The maximum Gasteiger partial charge on any atom is 0.416 e. The first-order chi connectivity index (χ1) is 9.34. The summed E-state index contributed by atoms with van der Waals surface area (Å²) >= 11 is 0. The summed E-state index contributed by atoms with van der Waals surface area (Å²) in [6.45, 7) is 1.75. The summed E-state index contributed by atoms with van der Waals surface area (Å²) in [5, 5.41) is 4.12. The third kappa shape index (κ3) is 2.66. The number of halogens is 3. The van der Waals surface area contributed by atoms with Gasteiger partial charge in [0.15, 0.2) is 0 Å². The number of hydrazine groups is 1. The van der Waals surface area contributed by atoms with Gasteiger partial charge < -0.3 is 0 Å². The summed E-state index contributed by atoms with van der Waals surface area (Å²) in [4.78, 5) is 3.76. The maximum absolute atomic E-state index is 13.0. The largest absolute Gasteiger partial charge is 0.416 e. The maximum atomic E-state index is 13.0. The molecule has 0 aliphatic rings. The van der Waals surface area contributed by atoms with Crippen LogP contribution in [-0.4, -0.2) is 14.8 Å². The van der Waals surface area contributed by atoms with Crippen LogP contribution in [0.15, 0.2) is 24.5 Å². The smallest absolute Gasteiger partial charge is 0.271 e. The molecule has 1 unspecified atom stereocenters. The lowest BCUT2D eigenvalue weighted by atomic mass is 10.00. The number of nitrogens with one attached hydrogen (secondary N) is 1. The number of pyridine rings is 1.